The minimum Gasteiger partial charge on any atom is -0.483 e. The second-order valence-electron chi connectivity index (χ2n) is 5.59. The summed E-state index contributed by atoms with van der Waals surface area (Å²) in [6.07, 6.45) is 0. The molecule has 0 heterocycles. The third kappa shape index (κ3) is 5.45. The lowest BCUT2D eigenvalue weighted by atomic mass is 10.0. The SMILES string of the molecule is CC(C)c1ccccc1OCC(=O)NNS(=O)(=O)c1ccc(Cl)cc1. The molecule has 0 spiro atoms. The molecule has 2 aromatic rings. The van der Waals surface area contributed by atoms with E-state index in [1.165, 1.54) is 24.3 Å². The summed E-state index contributed by atoms with van der Waals surface area (Å²) in [5.41, 5.74) is 3.09. The summed E-state index contributed by atoms with van der Waals surface area (Å²) in [6.45, 7) is 3.72. The highest BCUT2D eigenvalue weighted by Crippen LogP contribution is 2.25. The molecule has 2 aromatic carbocycles. The van der Waals surface area contributed by atoms with E-state index < -0.39 is 15.9 Å². The number of amides is 1. The van der Waals surface area contributed by atoms with Crippen LogP contribution in [-0.2, 0) is 14.8 Å². The van der Waals surface area contributed by atoms with Gasteiger partial charge in [0.15, 0.2) is 6.61 Å². The van der Waals surface area contributed by atoms with Crippen LogP contribution >= 0.6 is 11.6 Å². The molecular weight excluding hydrogens is 364 g/mol. The maximum Gasteiger partial charge on any atom is 0.272 e. The van der Waals surface area contributed by atoms with Crippen LogP contribution < -0.4 is 15.0 Å². The molecule has 0 fully saturated rings. The monoisotopic (exact) mass is 382 g/mol. The molecule has 0 aromatic heterocycles. The summed E-state index contributed by atoms with van der Waals surface area (Å²) in [6, 6.07) is 13.0. The first-order valence-corrected chi connectivity index (χ1v) is 9.43. The Morgan fingerprint density at radius 1 is 1.12 bits per heavy atom. The summed E-state index contributed by atoms with van der Waals surface area (Å²) in [4.78, 5) is 13.9. The molecule has 0 atom stereocenters. The van der Waals surface area contributed by atoms with Crippen LogP contribution in [0.15, 0.2) is 53.4 Å². The highest BCUT2D eigenvalue weighted by molar-refractivity contribution is 7.89. The van der Waals surface area contributed by atoms with Crippen LogP contribution in [0, 0.1) is 0 Å². The van der Waals surface area contributed by atoms with Gasteiger partial charge in [-0.1, -0.05) is 43.6 Å². The molecule has 6 nitrogen and oxygen atoms in total. The molecule has 2 rings (SSSR count). The maximum absolute atomic E-state index is 12.1. The largest absolute Gasteiger partial charge is 0.483 e. The minimum atomic E-state index is -3.87. The Bertz CT molecular complexity index is 836. The Hall–Kier alpha value is -2.09. The van der Waals surface area contributed by atoms with E-state index in [0.29, 0.717) is 10.8 Å². The summed E-state index contributed by atoms with van der Waals surface area (Å²) in [5.74, 6) is 0.215. The average molecular weight is 383 g/mol. The van der Waals surface area contributed by atoms with Crippen molar-refractivity contribution in [2.75, 3.05) is 6.61 Å². The molecule has 2 N–H and O–H groups in total. The zero-order valence-corrected chi connectivity index (χ0v) is 15.4. The fraction of sp³-hybridized carbons (Fsp3) is 0.235. The Kier molecular flexibility index (Phi) is 6.41. The van der Waals surface area contributed by atoms with E-state index in [1.54, 1.807) is 6.07 Å². The van der Waals surface area contributed by atoms with Crippen LogP contribution in [0.1, 0.15) is 25.3 Å². The van der Waals surface area contributed by atoms with Crippen LogP contribution in [0.5, 0.6) is 5.75 Å². The van der Waals surface area contributed by atoms with Crippen molar-refractivity contribution in [2.45, 2.75) is 24.7 Å². The number of halogens is 1. The molecular formula is C17H19ClN2O4S. The van der Waals surface area contributed by atoms with E-state index in [1.807, 2.05) is 36.9 Å². The van der Waals surface area contributed by atoms with Gasteiger partial charge in [-0.2, -0.15) is 0 Å². The first-order chi connectivity index (χ1) is 11.8. The third-order valence-corrected chi connectivity index (χ3v) is 4.86. The van der Waals surface area contributed by atoms with Crippen molar-refractivity contribution in [1.29, 1.82) is 0 Å². The number of hydrogen-bond donors (Lipinski definition) is 2. The van der Waals surface area contributed by atoms with Gasteiger partial charge in [0.2, 0.25) is 0 Å². The minimum absolute atomic E-state index is 0.0109. The molecule has 1 amide bonds. The van der Waals surface area contributed by atoms with Gasteiger partial charge in [-0.15, -0.1) is 4.83 Å². The van der Waals surface area contributed by atoms with Gasteiger partial charge in [0.05, 0.1) is 4.90 Å². The van der Waals surface area contributed by atoms with Gasteiger partial charge in [0.25, 0.3) is 15.9 Å². The number of carbonyl (C=O) groups is 1. The lowest BCUT2D eigenvalue weighted by molar-refractivity contribution is -0.123. The second kappa shape index (κ2) is 8.33. The number of sulfonamides is 1. The number of para-hydroxylation sites is 1. The van der Waals surface area contributed by atoms with Crippen LogP contribution in [0.3, 0.4) is 0 Å². The van der Waals surface area contributed by atoms with Gasteiger partial charge >= 0.3 is 0 Å². The predicted molar refractivity (Wildman–Crippen MR) is 95.9 cm³/mol. The zero-order valence-electron chi connectivity index (χ0n) is 13.8. The molecule has 0 bridgehead atoms. The smallest absolute Gasteiger partial charge is 0.272 e. The van der Waals surface area contributed by atoms with E-state index in [0.717, 1.165) is 5.56 Å². The third-order valence-electron chi connectivity index (χ3n) is 3.35. The number of rotatable bonds is 7. The van der Waals surface area contributed by atoms with Gasteiger partial charge in [-0.25, -0.2) is 8.42 Å². The Morgan fingerprint density at radius 3 is 2.40 bits per heavy atom. The first-order valence-electron chi connectivity index (χ1n) is 7.57. The molecule has 134 valence electrons. The summed E-state index contributed by atoms with van der Waals surface area (Å²) in [7, 11) is -3.87. The number of hydrazine groups is 1. The Labute approximate surface area is 152 Å². The summed E-state index contributed by atoms with van der Waals surface area (Å²) < 4.78 is 29.6. The fourth-order valence-corrected chi connectivity index (χ4v) is 3.05. The van der Waals surface area contributed by atoms with E-state index in [4.69, 9.17) is 16.3 Å². The van der Waals surface area contributed by atoms with E-state index in [9.17, 15) is 13.2 Å². The molecule has 0 aliphatic heterocycles. The number of benzene rings is 2. The van der Waals surface area contributed by atoms with Crippen LogP contribution in [-0.4, -0.2) is 20.9 Å². The van der Waals surface area contributed by atoms with Crippen LogP contribution in [0.4, 0.5) is 0 Å². The van der Waals surface area contributed by atoms with Crippen molar-refractivity contribution in [3.05, 3.63) is 59.1 Å². The lowest BCUT2D eigenvalue weighted by Gasteiger charge is -2.14. The zero-order chi connectivity index (χ0) is 18.4. The average Bonchev–Trinajstić information content (AvgIpc) is 2.59. The number of nitrogens with one attached hydrogen (secondary N) is 2. The van der Waals surface area contributed by atoms with Gasteiger partial charge in [-0.05, 0) is 41.8 Å². The quantitative estimate of drug-likeness (QED) is 0.721. The number of hydrogen-bond acceptors (Lipinski definition) is 4. The molecule has 0 radical (unpaired) electrons. The molecule has 25 heavy (non-hydrogen) atoms. The van der Waals surface area contributed by atoms with Crippen LogP contribution in [0.25, 0.3) is 0 Å². The van der Waals surface area contributed by atoms with E-state index in [-0.39, 0.29) is 17.4 Å². The summed E-state index contributed by atoms with van der Waals surface area (Å²) in [5, 5.41) is 0.417. The molecule has 0 aliphatic carbocycles. The van der Waals surface area contributed by atoms with Crippen molar-refractivity contribution >= 4 is 27.5 Å². The first kappa shape index (κ1) is 19.2. The molecule has 0 unspecified atom stereocenters. The second-order valence-corrected chi connectivity index (χ2v) is 7.71. The topological polar surface area (TPSA) is 84.5 Å². The Balaban J connectivity index is 1.92. The van der Waals surface area contributed by atoms with Gasteiger partial charge in [0.1, 0.15) is 5.75 Å². The maximum atomic E-state index is 12.1. The lowest BCUT2D eigenvalue weighted by Crippen LogP contribution is -2.43. The van der Waals surface area contributed by atoms with Crippen molar-refractivity contribution in [2.24, 2.45) is 0 Å². The van der Waals surface area contributed by atoms with Crippen molar-refractivity contribution in [3.63, 3.8) is 0 Å². The Morgan fingerprint density at radius 2 is 1.76 bits per heavy atom. The van der Waals surface area contributed by atoms with E-state index in [2.05, 4.69) is 5.43 Å². The fourth-order valence-electron chi connectivity index (χ4n) is 2.07. The van der Waals surface area contributed by atoms with Gasteiger partial charge in [0, 0.05) is 5.02 Å². The predicted octanol–water partition coefficient (Wildman–Crippen LogP) is 2.85. The molecule has 0 saturated heterocycles. The highest BCUT2D eigenvalue weighted by atomic mass is 35.5. The molecule has 8 heteroatoms. The number of ether oxygens (including phenoxy) is 1. The van der Waals surface area contributed by atoms with Gasteiger partial charge in [-0.3, -0.25) is 10.2 Å². The molecule has 0 aliphatic rings. The normalized spacial score (nSPS) is 11.4. The van der Waals surface area contributed by atoms with Crippen molar-refractivity contribution < 1.29 is 17.9 Å². The van der Waals surface area contributed by atoms with Crippen molar-refractivity contribution in [1.82, 2.24) is 10.3 Å². The molecule has 0 saturated carbocycles. The highest BCUT2D eigenvalue weighted by Gasteiger charge is 2.15. The summed E-state index contributed by atoms with van der Waals surface area (Å²) >= 11 is 5.72. The number of carbonyl (C=O) groups excluding carboxylic acids is 1. The van der Waals surface area contributed by atoms with Crippen LogP contribution in [0.2, 0.25) is 5.02 Å². The standard InChI is InChI=1S/C17H19ClN2O4S/c1-12(2)15-5-3-4-6-16(15)24-11-17(21)19-20-25(22,23)14-9-7-13(18)8-10-14/h3-10,12,20H,11H2,1-2H3,(H,19,21). The van der Waals surface area contributed by atoms with Crippen molar-refractivity contribution in [3.8, 4) is 5.75 Å². The van der Waals surface area contributed by atoms with E-state index >= 15 is 0 Å². The van der Waals surface area contributed by atoms with Gasteiger partial charge < -0.3 is 4.74 Å².